The number of hydrogen-bond donors (Lipinski definition) is 1. The molecule has 0 radical (unpaired) electrons. The number of benzene rings is 1. The number of fused-ring (bicyclic) bond motifs is 1. The average molecular weight is 352 g/mol. The molecule has 0 saturated carbocycles. The lowest BCUT2D eigenvalue weighted by molar-refractivity contribution is 0.0938. The summed E-state index contributed by atoms with van der Waals surface area (Å²) in [4.78, 5) is 17.5. The summed E-state index contributed by atoms with van der Waals surface area (Å²) in [6, 6.07) is 10.1. The first-order chi connectivity index (χ1) is 12.5. The minimum Gasteiger partial charge on any atom is -0.383 e. The van der Waals surface area contributed by atoms with Crippen molar-refractivity contribution in [2.45, 2.75) is 26.8 Å². The van der Waals surface area contributed by atoms with Gasteiger partial charge in [0.15, 0.2) is 5.65 Å². The summed E-state index contributed by atoms with van der Waals surface area (Å²) < 4.78 is 6.86. The van der Waals surface area contributed by atoms with E-state index in [2.05, 4.69) is 10.4 Å². The molecule has 3 rings (SSSR count). The molecule has 26 heavy (non-hydrogen) atoms. The highest BCUT2D eigenvalue weighted by molar-refractivity contribution is 6.06. The van der Waals surface area contributed by atoms with Crippen molar-refractivity contribution in [2.75, 3.05) is 20.3 Å². The molecule has 0 atom stereocenters. The molecular formula is C20H24N4O2. The van der Waals surface area contributed by atoms with Gasteiger partial charge in [-0.3, -0.25) is 4.79 Å². The Hall–Kier alpha value is -2.73. The van der Waals surface area contributed by atoms with Gasteiger partial charge in [0.1, 0.15) is 0 Å². The van der Waals surface area contributed by atoms with E-state index in [1.165, 1.54) is 5.56 Å². The third kappa shape index (κ3) is 3.60. The van der Waals surface area contributed by atoms with Crippen LogP contribution in [0, 0.1) is 6.92 Å². The van der Waals surface area contributed by atoms with Gasteiger partial charge >= 0.3 is 0 Å². The van der Waals surface area contributed by atoms with E-state index in [9.17, 15) is 4.79 Å². The third-order valence-corrected chi connectivity index (χ3v) is 4.24. The summed E-state index contributed by atoms with van der Waals surface area (Å²) in [6.45, 7) is 7.06. The van der Waals surface area contributed by atoms with Gasteiger partial charge in [-0.05, 0) is 26.8 Å². The Morgan fingerprint density at radius 2 is 2.00 bits per heavy atom. The van der Waals surface area contributed by atoms with Crippen LogP contribution < -0.4 is 5.32 Å². The molecule has 2 aromatic heterocycles. The molecule has 0 aliphatic carbocycles. The molecule has 1 N–H and O–H groups in total. The molecule has 3 aromatic rings. The lowest BCUT2D eigenvalue weighted by atomic mass is 10.1. The van der Waals surface area contributed by atoms with Crippen LogP contribution in [0.25, 0.3) is 22.3 Å². The molecule has 0 aliphatic heterocycles. The van der Waals surface area contributed by atoms with Crippen LogP contribution in [0.5, 0.6) is 0 Å². The van der Waals surface area contributed by atoms with E-state index in [1.54, 1.807) is 13.3 Å². The number of aromatic nitrogens is 3. The van der Waals surface area contributed by atoms with Crippen molar-refractivity contribution in [2.24, 2.45) is 0 Å². The molecule has 0 spiro atoms. The highest BCUT2D eigenvalue weighted by atomic mass is 16.5. The van der Waals surface area contributed by atoms with Gasteiger partial charge in [0, 0.05) is 25.3 Å². The molecule has 0 aliphatic rings. The van der Waals surface area contributed by atoms with Crippen LogP contribution in [0.3, 0.4) is 0 Å². The summed E-state index contributed by atoms with van der Waals surface area (Å²) in [7, 11) is 1.61. The van der Waals surface area contributed by atoms with Gasteiger partial charge in [-0.1, -0.05) is 29.8 Å². The lowest BCUT2D eigenvalue weighted by Gasteiger charge is -2.11. The van der Waals surface area contributed by atoms with Crippen molar-refractivity contribution in [3.63, 3.8) is 0 Å². The molecule has 0 unspecified atom stereocenters. The number of aryl methyl sites for hydroxylation is 1. The Morgan fingerprint density at radius 3 is 2.65 bits per heavy atom. The first-order valence-electron chi connectivity index (χ1n) is 8.73. The molecule has 1 aromatic carbocycles. The number of nitrogens with zero attached hydrogens (tertiary/aromatic N) is 3. The molecule has 0 bridgehead atoms. The smallest absolute Gasteiger partial charge is 0.252 e. The quantitative estimate of drug-likeness (QED) is 0.691. The molecular weight excluding hydrogens is 328 g/mol. The van der Waals surface area contributed by atoms with Gasteiger partial charge in [-0.15, -0.1) is 0 Å². The summed E-state index contributed by atoms with van der Waals surface area (Å²) >= 11 is 0. The second-order valence-corrected chi connectivity index (χ2v) is 6.59. The molecule has 6 heteroatoms. The predicted molar refractivity (Wildman–Crippen MR) is 102 cm³/mol. The largest absolute Gasteiger partial charge is 0.383 e. The molecule has 6 nitrogen and oxygen atoms in total. The van der Waals surface area contributed by atoms with Gasteiger partial charge in [-0.2, -0.15) is 5.10 Å². The van der Waals surface area contributed by atoms with E-state index in [1.807, 2.05) is 55.8 Å². The maximum Gasteiger partial charge on any atom is 0.252 e. The average Bonchev–Trinajstić information content (AvgIpc) is 3.06. The number of carbonyl (C=O) groups is 1. The topological polar surface area (TPSA) is 69.0 Å². The SMILES string of the molecule is COCCNC(=O)c1cc(-c2ccc(C)cc2)nc2c1cnn2C(C)C. The number of pyridine rings is 1. The Morgan fingerprint density at radius 1 is 1.27 bits per heavy atom. The van der Waals surface area contributed by atoms with Crippen molar-refractivity contribution in [3.05, 3.63) is 47.7 Å². The van der Waals surface area contributed by atoms with Gasteiger partial charge in [0.25, 0.3) is 5.91 Å². The van der Waals surface area contributed by atoms with E-state index in [-0.39, 0.29) is 11.9 Å². The van der Waals surface area contributed by atoms with Crippen LogP contribution in [-0.2, 0) is 4.74 Å². The standard InChI is InChI=1S/C20H24N4O2/c1-13(2)24-19-17(12-22-24)16(20(25)21-9-10-26-4)11-18(23-19)15-7-5-14(3)6-8-15/h5-8,11-13H,9-10H2,1-4H3,(H,21,25). The number of methoxy groups -OCH3 is 1. The molecule has 1 amide bonds. The summed E-state index contributed by atoms with van der Waals surface area (Å²) in [5.41, 5.74) is 4.21. The van der Waals surface area contributed by atoms with E-state index in [0.717, 1.165) is 22.3 Å². The van der Waals surface area contributed by atoms with Crippen LogP contribution in [-0.4, -0.2) is 40.9 Å². The van der Waals surface area contributed by atoms with Gasteiger partial charge < -0.3 is 10.1 Å². The second-order valence-electron chi connectivity index (χ2n) is 6.59. The van der Waals surface area contributed by atoms with Gasteiger partial charge in [-0.25, -0.2) is 9.67 Å². The van der Waals surface area contributed by atoms with E-state index >= 15 is 0 Å². The van der Waals surface area contributed by atoms with Crippen molar-refractivity contribution < 1.29 is 9.53 Å². The van der Waals surface area contributed by atoms with Crippen LogP contribution >= 0.6 is 0 Å². The normalized spacial score (nSPS) is 11.3. The van der Waals surface area contributed by atoms with Crippen LogP contribution in [0.1, 0.15) is 35.8 Å². The predicted octanol–water partition coefficient (Wildman–Crippen LogP) is 3.36. The van der Waals surface area contributed by atoms with E-state index in [4.69, 9.17) is 9.72 Å². The zero-order valence-corrected chi connectivity index (χ0v) is 15.6. The highest BCUT2D eigenvalue weighted by Gasteiger charge is 2.18. The fourth-order valence-electron chi connectivity index (χ4n) is 2.82. The summed E-state index contributed by atoms with van der Waals surface area (Å²) in [5, 5.41) is 8.08. The second kappa shape index (κ2) is 7.66. The molecule has 0 fully saturated rings. The van der Waals surface area contributed by atoms with Crippen LogP contribution in [0.2, 0.25) is 0 Å². The number of amides is 1. The Balaban J connectivity index is 2.12. The van der Waals surface area contributed by atoms with E-state index < -0.39 is 0 Å². The van der Waals surface area contributed by atoms with Gasteiger partial charge in [0.05, 0.1) is 29.4 Å². The van der Waals surface area contributed by atoms with Crippen molar-refractivity contribution >= 4 is 16.9 Å². The Labute approximate surface area is 153 Å². The monoisotopic (exact) mass is 352 g/mol. The van der Waals surface area contributed by atoms with Crippen LogP contribution in [0.15, 0.2) is 36.5 Å². The maximum atomic E-state index is 12.7. The minimum absolute atomic E-state index is 0.147. The maximum absolute atomic E-state index is 12.7. The van der Waals surface area contributed by atoms with E-state index in [0.29, 0.717) is 18.7 Å². The number of carbonyl (C=O) groups excluding carboxylic acids is 1. The first-order valence-corrected chi connectivity index (χ1v) is 8.73. The summed E-state index contributed by atoms with van der Waals surface area (Å²) in [6.07, 6.45) is 1.71. The minimum atomic E-state index is -0.147. The molecule has 136 valence electrons. The third-order valence-electron chi connectivity index (χ3n) is 4.24. The van der Waals surface area contributed by atoms with Crippen LogP contribution in [0.4, 0.5) is 0 Å². The fraction of sp³-hybridized carbons (Fsp3) is 0.350. The Kier molecular flexibility index (Phi) is 5.32. The number of nitrogens with one attached hydrogen (secondary N) is 1. The number of hydrogen-bond acceptors (Lipinski definition) is 4. The number of ether oxygens (including phenoxy) is 1. The highest BCUT2D eigenvalue weighted by Crippen LogP contribution is 2.26. The zero-order chi connectivity index (χ0) is 18.7. The van der Waals surface area contributed by atoms with Crippen molar-refractivity contribution in [1.29, 1.82) is 0 Å². The Bertz CT molecular complexity index is 913. The van der Waals surface area contributed by atoms with Gasteiger partial charge in [0.2, 0.25) is 0 Å². The van der Waals surface area contributed by atoms with Crippen molar-refractivity contribution in [1.82, 2.24) is 20.1 Å². The number of rotatable bonds is 6. The molecule has 2 heterocycles. The van der Waals surface area contributed by atoms with Crippen molar-refractivity contribution in [3.8, 4) is 11.3 Å². The summed E-state index contributed by atoms with van der Waals surface area (Å²) in [5.74, 6) is -0.147. The fourth-order valence-corrected chi connectivity index (χ4v) is 2.82. The molecule has 0 saturated heterocycles. The lowest BCUT2D eigenvalue weighted by Crippen LogP contribution is -2.27. The first kappa shape index (κ1) is 18.1. The zero-order valence-electron chi connectivity index (χ0n) is 15.6.